The molecule has 3 heterocycles. The van der Waals surface area contributed by atoms with E-state index >= 15 is 0 Å². The molecule has 0 spiro atoms. The van der Waals surface area contributed by atoms with Crippen molar-refractivity contribution in [3.63, 3.8) is 0 Å². The zero-order valence-corrected chi connectivity index (χ0v) is 15.3. The standard InChI is InChI=1S/C19H22N4O2S/c24-9-6-20-18-17-15(14-4-2-1-3-5-14)13-26-19(17)22-16(21-18)12-23-7-10-25-11-8-23/h1-5,13,24H,6-12H2,(H,20,21,22). The zero-order chi connectivity index (χ0) is 17.8. The number of fused-ring (bicyclic) bond motifs is 1. The molecule has 0 aliphatic carbocycles. The first kappa shape index (κ1) is 17.4. The molecule has 1 saturated heterocycles. The van der Waals surface area contributed by atoms with Crippen molar-refractivity contribution in [3.8, 4) is 11.1 Å². The summed E-state index contributed by atoms with van der Waals surface area (Å²) in [7, 11) is 0. The normalized spacial score (nSPS) is 15.4. The molecule has 1 aliphatic rings. The SMILES string of the molecule is OCCNc1nc(CN2CCOCC2)nc2scc(-c3ccccc3)c12. The van der Waals surface area contributed by atoms with Gasteiger partial charge in [0.05, 0.1) is 31.8 Å². The summed E-state index contributed by atoms with van der Waals surface area (Å²) in [5, 5.41) is 15.7. The summed E-state index contributed by atoms with van der Waals surface area (Å²) < 4.78 is 5.42. The fourth-order valence-corrected chi connectivity index (χ4v) is 4.11. The van der Waals surface area contributed by atoms with Crippen LogP contribution in [0.3, 0.4) is 0 Å². The van der Waals surface area contributed by atoms with Crippen molar-refractivity contribution >= 4 is 27.4 Å². The second-order valence-corrected chi connectivity index (χ2v) is 7.08. The van der Waals surface area contributed by atoms with Crippen LogP contribution in [0.15, 0.2) is 35.7 Å². The molecule has 136 valence electrons. The van der Waals surface area contributed by atoms with Crippen LogP contribution in [0.1, 0.15) is 5.82 Å². The third kappa shape index (κ3) is 3.71. The maximum absolute atomic E-state index is 9.24. The number of nitrogens with zero attached hydrogens (tertiary/aromatic N) is 3. The van der Waals surface area contributed by atoms with Crippen LogP contribution >= 0.6 is 11.3 Å². The van der Waals surface area contributed by atoms with Gasteiger partial charge in [-0.2, -0.15) is 0 Å². The van der Waals surface area contributed by atoms with Crippen molar-refractivity contribution in [3.05, 3.63) is 41.5 Å². The molecule has 1 fully saturated rings. The largest absolute Gasteiger partial charge is 0.395 e. The minimum absolute atomic E-state index is 0.0646. The Hall–Kier alpha value is -2.06. The number of hydrogen-bond donors (Lipinski definition) is 2. The number of benzene rings is 1. The van der Waals surface area contributed by atoms with Gasteiger partial charge < -0.3 is 15.2 Å². The molecule has 0 saturated carbocycles. The summed E-state index contributed by atoms with van der Waals surface area (Å²) >= 11 is 1.64. The first-order valence-corrected chi connectivity index (χ1v) is 9.71. The third-order valence-electron chi connectivity index (χ3n) is 4.44. The van der Waals surface area contributed by atoms with Gasteiger partial charge in [-0.3, -0.25) is 4.90 Å². The van der Waals surface area contributed by atoms with Crippen LogP contribution in [-0.2, 0) is 11.3 Å². The van der Waals surface area contributed by atoms with Crippen molar-refractivity contribution in [2.75, 3.05) is 44.8 Å². The van der Waals surface area contributed by atoms with Crippen molar-refractivity contribution < 1.29 is 9.84 Å². The second kappa shape index (κ2) is 8.09. The quantitative estimate of drug-likeness (QED) is 0.695. The second-order valence-electron chi connectivity index (χ2n) is 6.22. The van der Waals surface area contributed by atoms with Crippen LogP contribution in [0.25, 0.3) is 21.3 Å². The van der Waals surface area contributed by atoms with Gasteiger partial charge in [-0.15, -0.1) is 11.3 Å². The van der Waals surface area contributed by atoms with Crippen LogP contribution in [-0.4, -0.2) is 59.4 Å². The maximum atomic E-state index is 9.24. The molecule has 0 bridgehead atoms. The first-order valence-electron chi connectivity index (χ1n) is 8.83. The van der Waals surface area contributed by atoms with Crippen molar-refractivity contribution in [2.24, 2.45) is 0 Å². The van der Waals surface area contributed by atoms with Crippen molar-refractivity contribution in [1.82, 2.24) is 14.9 Å². The number of ether oxygens (including phenoxy) is 1. The average Bonchev–Trinajstić information content (AvgIpc) is 3.12. The number of thiophene rings is 1. The van der Waals surface area contributed by atoms with E-state index in [1.165, 1.54) is 0 Å². The molecule has 1 aliphatic heterocycles. The third-order valence-corrected chi connectivity index (χ3v) is 5.31. The number of hydrogen-bond acceptors (Lipinski definition) is 7. The Morgan fingerprint density at radius 1 is 1.15 bits per heavy atom. The molecule has 7 heteroatoms. The Morgan fingerprint density at radius 3 is 2.73 bits per heavy atom. The molecule has 0 radical (unpaired) electrons. The number of nitrogens with one attached hydrogen (secondary N) is 1. The highest BCUT2D eigenvalue weighted by molar-refractivity contribution is 7.17. The fourth-order valence-electron chi connectivity index (χ4n) is 3.15. The van der Waals surface area contributed by atoms with Crippen LogP contribution in [0.4, 0.5) is 5.82 Å². The Morgan fingerprint density at radius 2 is 1.96 bits per heavy atom. The summed E-state index contributed by atoms with van der Waals surface area (Å²) in [5.41, 5.74) is 2.28. The highest BCUT2D eigenvalue weighted by Gasteiger charge is 2.17. The fraction of sp³-hybridized carbons (Fsp3) is 0.368. The predicted octanol–water partition coefficient (Wildman–Crippen LogP) is 2.59. The van der Waals surface area contributed by atoms with E-state index in [0.29, 0.717) is 13.1 Å². The van der Waals surface area contributed by atoms with Gasteiger partial charge in [0.25, 0.3) is 0 Å². The molecule has 4 rings (SSSR count). The zero-order valence-electron chi connectivity index (χ0n) is 14.5. The highest BCUT2D eigenvalue weighted by Crippen LogP contribution is 2.37. The summed E-state index contributed by atoms with van der Waals surface area (Å²) in [6.07, 6.45) is 0. The summed E-state index contributed by atoms with van der Waals surface area (Å²) in [5.74, 6) is 1.61. The number of aliphatic hydroxyl groups excluding tert-OH is 1. The van der Waals surface area contributed by atoms with E-state index in [4.69, 9.17) is 14.7 Å². The number of aliphatic hydroxyl groups is 1. The number of anilines is 1. The minimum Gasteiger partial charge on any atom is -0.395 e. The lowest BCUT2D eigenvalue weighted by atomic mass is 10.1. The van der Waals surface area contributed by atoms with E-state index in [2.05, 4.69) is 27.7 Å². The van der Waals surface area contributed by atoms with E-state index < -0.39 is 0 Å². The van der Waals surface area contributed by atoms with E-state index in [1.807, 2.05) is 18.2 Å². The Labute approximate surface area is 156 Å². The van der Waals surface area contributed by atoms with E-state index in [1.54, 1.807) is 11.3 Å². The topological polar surface area (TPSA) is 70.5 Å². The first-order chi connectivity index (χ1) is 12.8. The van der Waals surface area contributed by atoms with Gasteiger partial charge >= 0.3 is 0 Å². The summed E-state index contributed by atoms with van der Waals surface area (Å²) in [6, 6.07) is 10.3. The lowest BCUT2D eigenvalue weighted by Gasteiger charge is -2.25. The maximum Gasteiger partial charge on any atom is 0.146 e. The Bertz CT molecular complexity index is 863. The lowest BCUT2D eigenvalue weighted by Crippen LogP contribution is -2.36. The van der Waals surface area contributed by atoms with Gasteiger partial charge in [-0.1, -0.05) is 30.3 Å². The van der Waals surface area contributed by atoms with E-state index in [0.717, 1.165) is 59.3 Å². The molecule has 2 aromatic heterocycles. The van der Waals surface area contributed by atoms with Gasteiger partial charge in [0.1, 0.15) is 16.5 Å². The van der Waals surface area contributed by atoms with E-state index in [-0.39, 0.29) is 6.61 Å². The summed E-state index contributed by atoms with van der Waals surface area (Å²) in [4.78, 5) is 12.9. The molecular weight excluding hydrogens is 348 g/mol. The number of aromatic nitrogens is 2. The van der Waals surface area contributed by atoms with Crippen LogP contribution in [0.2, 0.25) is 0 Å². The molecule has 0 atom stereocenters. The van der Waals surface area contributed by atoms with Crippen molar-refractivity contribution in [2.45, 2.75) is 6.54 Å². The van der Waals surface area contributed by atoms with Crippen molar-refractivity contribution in [1.29, 1.82) is 0 Å². The molecule has 0 amide bonds. The van der Waals surface area contributed by atoms with Crippen LogP contribution in [0, 0.1) is 0 Å². The molecule has 3 aromatic rings. The molecule has 1 aromatic carbocycles. The van der Waals surface area contributed by atoms with Gasteiger partial charge in [-0.05, 0) is 5.56 Å². The lowest BCUT2D eigenvalue weighted by molar-refractivity contribution is 0.0331. The van der Waals surface area contributed by atoms with Gasteiger partial charge in [-0.25, -0.2) is 9.97 Å². The summed E-state index contributed by atoms with van der Waals surface area (Å²) in [6.45, 7) is 4.57. The number of morpholine rings is 1. The monoisotopic (exact) mass is 370 g/mol. The smallest absolute Gasteiger partial charge is 0.146 e. The average molecular weight is 370 g/mol. The van der Waals surface area contributed by atoms with Gasteiger partial charge in [0.2, 0.25) is 0 Å². The van der Waals surface area contributed by atoms with Crippen LogP contribution < -0.4 is 5.32 Å². The molecule has 0 unspecified atom stereocenters. The Balaban J connectivity index is 1.72. The predicted molar refractivity (Wildman–Crippen MR) is 105 cm³/mol. The van der Waals surface area contributed by atoms with Gasteiger partial charge in [0, 0.05) is 30.6 Å². The minimum atomic E-state index is 0.0646. The van der Waals surface area contributed by atoms with Crippen LogP contribution in [0.5, 0.6) is 0 Å². The highest BCUT2D eigenvalue weighted by atomic mass is 32.1. The molecule has 6 nitrogen and oxygen atoms in total. The molecule has 2 N–H and O–H groups in total. The Kier molecular flexibility index (Phi) is 5.40. The number of rotatable bonds is 6. The molecular formula is C19H22N4O2S. The van der Waals surface area contributed by atoms with E-state index in [9.17, 15) is 5.11 Å². The van der Waals surface area contributed by atoms with Gasteiger partial charge in [0.15, 0.2) is 0 Å². The molecule has 26 heavy (non-hydrogen) atoms.